The number of rotatable bonds is 4. The van der Waals surface area contributed by atoms with Gasteiger partial charge in [-0.3, -0.25) is 9.69 Å². The SMILES string of the molecule is CC(C)n1nccc1NC(=O)CN1CC2CNCC2C1. The second-order valence-corrected chi connectivity index (χ2v) is 6.18. The summed E-state index contributed by atoms with van der Waals surface area (Å²) >= 11 is 0. The average Bonchev–Trinajstić information content (AvgIpc) is 3.03. The molecule has 110 valence electrons. The van der Waals surface area contributed by atoms with Gasteiger partial charge < -0.3 is 10.6 Å². The van der Waals surface area contributed by atoms with Crippen LogP contribution in [-0.4, -0.2) is 53.3 Å². The average molecular weight is 277 g/mol. The molecule has 1 amide bonds. The van der Waals surface area contributed by atoms with Crippen LogP contribution in [0.5, 0.6) is 0 Å². The first-order valence-electron chi connectivity index (χ1n) is 7.40. The van der Waals surface area contributed by atoms with Gasteiger partial charge in [-0.2, -0.15) is 5.10 Å². The fourth-order valence-corrected chi connectivity index (χ4v) is 3.29. The largest absolute Gasteiger partial charge is 0.316 e. The lowest BCUT2D eigenvalue weighted by Gasteiger charge is -2.17. The van der Waals surface area contributed by atoms with Crippen molar-refractivity contribution >= 4 is 11.7 Å². The third-order valence-corrected chi connectivity index (χ3v) is 4.26. The number of hydrogen-bond donors (Lipinski definition) is 2. The summed E-state index contributed by atoms with van der Waals surface area (Å²) in [5, 5.41) is 10.6. The number of carbonyl (C=O) groups excluding carboxylic acids is 1. The van der Waals surface area contributed by atoms with Crippen molar-refractivity contribution in [2.45, 2.75) is 19.9 Å². The van der Waals surface area contributed by atoms with Crippen molar-refractivity contribution < 1.29 is 4.79 Å². The number of carbonyl (C=O) groups is 1. The molecule has 2 saturated heterocycles. The first kappa shape index (κ1) is 13.6. The Bertz CT molecular complexity index is 472. The van der Waals surface area contributed by atoms with Crippen molar-refractivity contribution in [2.24, 2.45) is 11.8 Å². The van der Waals surface area contributed by atoms with Gasteiger partial charge in [0, 0.05) is 25.2 Å². The van der Waals surface area contributed by atoms with E-state index in [1.54, 1.807) is 6.20 Å². The summed E-state index contributed by atoms with van der Waals surface area (Å²) in [5.41, 5.74) is 0. The number of amides is 1. The Morgan fingerprint density at radius 1 is 1.45 bits per heavy atom. The molecule has 6 nitrogen and oxygen atoms in total. The number of anilines is 1. The molecule has 6 heteroatoms. The molecule has 0 aromatic carbocycles. The molecule has 1 aromatic rings. The molecule has 0 radical (unpaired) electrons. The van der Waals surface area contributed by atoms with Crippen LogP contribution in [0.15, 0.2) is 12.3 Å². The van der Waals surface area contributed by atoms with E-state index in [1.165, 1.54) is 0 Å². The fourth-order valence-electron chi connectivity index (χ4n) is 3.29. The standard InChI is InChI=1S/C14H23N5O/c1-10(2)19-13(3-4-16-19)17-14(20)9-18-7-11-5-15-6-12(11)8-18/h3-4,10-12,15H,5-9H2,1-2H3,(H,17,20). The first-order chi connectivity index (χ1) is 9.63. The first-order valence-corrected chi connectivity index (χ1v) is 7.40. The highest BCUT2D eigenvalue weighted by atomic mass is 16.2. The Balaban J connectivity index is 1.54. The Kier molecular flexibility index (Phi) is 3.76. The summed E-state index contributed by atoms with van der Waals surface area (Å²) in [6.07, 6.45) is 1.72. The van der Waals surface area contributed by atoms with Gasteiger partial charge in [0.05, 0.1) is 12.7 Å². The minimum atomic E-state index is 0.0559. The third-order valence-electron chi connectivity index (χ3n) is 4.26. The molecular formula is C14H23N5O. The molecule has 0 aliphatic carbocycles. The number of nitrogens with one attached hydrogen (secondary N) is 2. The quantitative estimate of drug-likeness (QED) is 0.844. The molecule has 2 aliphatic heterocycles. The lowest BCUT2D eigenvalue weighted by molar-refractivity contribution is -0.117. The summed E-state index contributed by atoms with van der Waals surface area (Å²) < 4.78 is 1.83. The maximum absolute atomic E-state index is 12.2. The highest BCUT2D eigenvalue weighted by Crippen LogP contribution is 2.25. The van der Waals surface area contributed by atoms with Crippen molar-refractivity contribution in [1.29, 1.82) is 0 Å². The lowest BCUT2D eigenvalue weighted by Crippen LogP contribution is -2.34. The number of hydrogen-bond acceptors (Lipinski definition) is 4. The summed E-state index contributed by atoms with van der Waals surface area (Å²) in [6, 6.07) is 2.10. The second kappa shape index (κ2) is 5.54. The van der Waals surface area contributed by atoms with Gasteiger partial charge >= 0.3 is 0 Å². The van der Waals surface area contributed by atoms with E-state index in [1.807, 2.05) is 10.7 Å². The number of nitrogens with zero attached hydrogens (tertiary/aromatic N) is 3. The Morgan fingerprint density at radius 3 is 2.80 bits per heavy atom. The smallest absolute Gasteiger partial charge is 0.239 e. The minimum Gasteiger partial charge on any atom is -0.316 e. The van der Waals surface area contributed by atoms with Gasteiger partial charge in [0.25, 0.3) is 0 Å². The Morgan fingerprint density at radius 2 is 2.15 bits per heavy atom. The number of fused-ring (bicyclic) bond motifs is 1. The normalized spacial score (nSPS) is 26.1. The van der Waals surface area contributed by atoms with E-state index in [2.05, 4.69) is 34.5 Å². The monoisotopic (exact) mass is 277 g/mol. The van der Waals surface area contributed by atoms with Gasteiger partial charge in [-0.05, 0) is 38.8 Å². The molecule has 0 spiro atoms. The van der Waals surface area contributed by atoms with Crippen LogP contribution in [-0.2, 0) is 4.79 Å². The van der Waals surface area contributed by atoms with Crippen LogP contribution in [0.25, 0.3) is 0 Å². The predicted molar refractivity (Wildman–Crippen MR) is 77.5 cm³/mol. The molecule has 0 saturated carbocycles. The summed E-state index contributed by atoms with van der Waals surface area (Å²) in [5.74, 6) is 2.29. The van der Waals surface area contributed by atoms with E-state index in [-0.39, 0.29) is 11.9 Å². The van der Waals surface area contributed by atoms with E-state index in [4.69, 9.17) is 0 Å². The van der Waals surface area contributed by atoms with Crippen molar-refractivity contribution in [1.82, 2.24) is 20.0 Å². The zero-order valence-electron chi connectivity index (χ0n) is 12.2. The van der Waals surface area contributed by atoms with Gasteiger partial charge in [0.2, 0.25) is 5.91 Å². The van der Waals surface area contributed by atoms with E-state index < -0.39 is 0 Å². The Labute approximate surface area is 119 Å². The van der Waals surface area contributed by atoms with Crippen LogP contribution in [0.2, 0.25) is 0 Å². The summed E-state index contributed by atoms with van der Waals surface area (Å²) in [7, 11) is 0. The topological polar surface area (TPSA) is 62.2 Å². The van der Waals surface area contributed by atoms with Crippen LogP contribution in [0.3, 0.4) is 0 Å². The zero-order valence-corrected chi connectivity index (χ0v) is 12.2. The Hall–Kier alpha value is -1.40. The highest BCUT2D eigenvalue weighted by molar-refractivity contribution is 5.91. The molecular weight excluding hydrogens is 254 g/mol. The predicted octanol–water partition coefficient (Wildman–Crippen LogP) is 0.554. The van der Waals surface area contributed by atoms with Gasteiger partial charge in [-0.1, -0.05) is 0 Å². The fraction of sp³-hybridized carbons (Fsp3) is 0.714. The maximum atomic E-state index is 12.2. The van der Waals surface area contributed by atoms with Crippen molar-refractivity contribution in [3.05, 3.63) is 12.3 Å². The molecule has 20 heavy (non-hydrogen) atoms. The summed E-state index contributed by atoms with van der Waals surface area (Å²) in [4.78, 5) is 14.4. The van der Waals surface area contributed by atoms with Crippen molar-refractivity contribution in [3.8, 4) is 0 Å². The minimum absolute atomic E-state index is 0.0559. The van der Waals surface area contributed by atoms with E-state index in [0.29, 0.717) is 6.54 Å². The van der Waals surface area contributed by atoms with Gasteiger partial charge in [-0.15, -0.1) is 0 Å². The summed E-state index contributed by atoms with van der Waals surface area (Å²) in [6.45, 7) is 8.86. The molecule has 2 N–H and O–H groups in total. The van der Waals surface area contributed by atoms with Crippen molar-refractivity contribution in [2.75, 3.05) is 38.0 Å². The van der Waals surface area contributed by atoms with E-state index in [9.17, 15) is 4.79 Å². The van der Waals surface area contributed by atoms with Gasteiger partial charge in [-0.25, -0.2) is 4.68 Å². The second-order valence-electron chi connectivity index (χ2n) is 6.18. The van der Waals surface area contributed by atoms with Crippen LogP contribution in [0.1, 0.15) is 19.9 Å². The van der Waals surface area contributed by atoms with Crippen LogP contribution in [0.4, 0.5) is 5.82 Å². The molecule has 3 rings (SSSR count). The van der Waals surface area contributed by atoms with Crippen molar-refractivity contribution in [3.63, 3.8) is 0 Å². The molecule has 2 fully saturated rings. The molecule has 0 bridgehead atoms. The van der Waals surface area contributed by atoms with E-state index in [0.717, 1.165) is 43.8 Å². The van der Waals surface area contributed by atoms with Gasteiger partial charge in [0.1, 0.15) is 5.82 Å². The zero-order chi connectivity index (χ0) is 14.1. The van der Waals surface area contributed by atoms with Crippen LogP contribution < -0.4 is 10.6 Å². The van der Waals surface area contributed by atoms with Crippen LogP contribution >= 0.6 is 0 Å². The van der Waals surface area contributed by atoms with Crippen LogP contribution in [0, 0.1) is 11.8 Å². The molecule has 2 atom stereocenters. The highest BCUT2D eigenvalue weighted by Gasteiger charge is 2.36. The molecule has 2 aliphatic rings. The third kappa shape index (κ3) is 2.71. The number of aromatic nitrogens is 2. The maximum Gasteiger partial charge on any atom is 0.239 e. The lowest BCUT2D eigenvalue weighted by atomic mass is 10.0. The molecule has 3 heterocycles. The number of likely N-dealkylation sites (tertiary alicyclic amines) is 1. The van der Waals surface area contributed by atoms with Gasteiger partial charge in [0.15, 0.2) is 0 Å². The van der Waals surface area contributed by atoms with E-state index >= 15 is 0 Å². The molecule has 1 aromatic heterocycles. The molecule has 2 unspecified atom stereocenters.